The van der Waals surface area contributed by atoms with Gasteiger partial charge < -0.3 is 5.32 Å². The van der Waals surface area contributed by atoms with Crippen molar-refractivity contribution in [1.29, 1.82) is 0 Å². The van der Waals surface area contributed by atoms with E-state index in [2.05, 4.69) is 36.5 Å². The summed E-state index contributed by atoms with van der Waals surface area (Å²) in [5.74, 6) is 2.17. The molecule has 2 heteroatoms. The molecular weight excluding hydrogens is 214 g/mol. The van der Waals surface area contributed by atoms with Crippen molar-refractivity contribution >= 4 is 11.8 Å². The van der Waals surface area contributed by atoms with E-state index in [1.54, 1.807) is 0 Å². The number of piperidine rings is 1. The molecule has 1 N–H and O–H groups in total. The van der Waals surface area contributed by atoms with Crippen molar-refractivity contribution in [3.8, 4) is 0 Å². The molecule has 16 heavy (non-hydrogen) atoms. The van der Waals surface area contributed by atoms with Gasteiger partial charge in [0.1, 0.15) is 0 Å². The van der Waals surface area contributed by atoms with Crippen LogP contribution in [0.2, 0.25) is 0 Å². The molecule has 1 fully saturated rings. The van der Waals surface area contributed by atoms with Crippen molar-refractivity contribution < 1.29 is 0 Å². The second-order valence-electron chi connectivity index (χ2n) is 4.62. The molecule has 1 aliphatic heterocycles. The number of aryl methyl sites for hydroxylation is 1. The van der Waals surface area contributed by atoms with Gasteiger partial charge in [0, 0.05) is 4.90 Å². The van der Waals surface area contributed by atoms with Crippen molar-refractivity contribution in [2.45, 2.75) is 31.1 Å². The minimum Gasteiger partial charge on any atom is -0.316 e. The summed E-state index contributed by atoms with van der Waals surface area (Å²) >= 11 is 2.01. The fourth-order valence-electron chi connectivity index (χ4n) is 2.22. The van der Waals surface area contributed by atoms with Crippen molar-refractivity contribution in [3.63, 3.8) is 0 Å². The van der Waals surface area contributed by atoms with Crippen molar-refractivity contribution in [2.75, 3.05) is 18.8 Å². The zero-order chi connectivity index (χ0) is 11.2. The lowest BCUT2D eigenvalue weighted by Crippen LogP contribution is -2.29. The Morgan fingerprint density at radius 2 is 2.25 bits per heavy atom. The van der Waals surface area contributed by atoms with Gasteiger partial charge in [-0.2, -0.15) is 0 Å². The molecular formula is C14H21NS. The molecule has 0 saturated carbocycles. The van der Waals surface area contributed by atoms with Gasteiger partial charge in [-0.15, -0.1) is 11.8 Å². The molecule has 2 rings (SSSR count). The fraction of sp³-hybridized carbons (Fsp3) is 0.571. The van der Waals surface area contributed by atoms with Gasteiger partial charge in [0.05, 0.1) is 0 Å². The average Bonchev–Trinajstić information content (AvgIpc) is 2.33. The molecule has 0 aliphatic carbocycles. The third-order valence-electron chi connectivity index (χ3n) is 3.28. The minimum absolute atomic E-state index is 0.908. The number of nitrogens with one attached hydrogen (secondary N) is 1. The Kier molecular flexibility index (Phi) is 4.73. The standard InChI is InChI=1S/C14H21NS/c1-12-5-2-3-7-14(12)16-10-8-13-6-4-9-15-11-13/h2-3,5,7,13,15H,4,6,8-11H2,1H3. The lowest BCUT2D eigenvalue weighted by molar-refractivity contribution is 0.371. The number of rotatable bonds is 4. The van der Waals surface area contributed by atoms with Gasteiger partial charge in [-0.25, -0.2) is 0 Å². The predicted molar refractivity (Wildman–Crippen MR) is 72.1 cm³/mol. The van der Waals surface area contributed by atoms with Crippen LogP contribution in [0.1, 0.15) is 24.8 Å². The van der Waals surface area contributed by atoms with Crippen LogP contribution >= 0.6 is 11.8 Å². The third-order valence-corrected chi connectivity index (χ3v) is 4.49. The fourth-order valence-corrected chi connectivity index (χ4v) is 3.37. The van der Waals surface area contributed by atoms with Crippen LogP contribution in [0, 0.1) is 12.8 Å². The van der Waals surface area contributed by atoms with Gasteiger partial charge in [-0.05, 0) is 62.6 Å². The molecule has 1 aromatic rings. The van der Waals surface area contributed by atoms with E-state index in [4.69, 9.17) is 0 Å². The van der Waals surface area contributed by atoms with Gasteiger partial charge in [0.2, 0.25) is 0 Å². The monoisotopic (exact) mass is 235 g/mol. The SMILES string of the molecule is Cc1ccccc1SCCC1CCCNC1. The zero-order valence-corrected chi connectivity index (χ0v) is 10.9. The van der Waals surface area contributed by atoms with E-state index in [-0.39, 0.29) is 0 Å². The quantitative estimate of drug-likeness (QED) is 0.802. The summed E-state index contributed by atoms with van der Waals surface area (Å²) < 4.78 is 0. The Labute approximate surface area is 103 Å². The minimum atomic E-state index is 0.908. The second kappa shape index (κ2) is 6.31. The van der Waals surface area contributed by atoms with Gasteiger partial charge in [-0.1, -0.05) is 18.2 Å². The summed E-state index contributed by atoms with van der Waals surface area (Å²) in [5.41, 5.74) is 1.41. The van der Waals surface area contributed by atoms with Crippen molar-refractivity contribution in [2.24, 2.45) is 5.92 Å². The van der Waals surface area contributed by atoms with Crippen LogP contribution in [0.5, 0.6) is 0 Å². The van der Waals surface area contributed by atoms with E-state index in [0.29, 0.717) is 0 Å². The summed E-state index contributed by atoms with van der Waals surface area (Å²) in [7, 11) is 0. The predicted octanol–water partition coefficient (Wildman–Crippen LogP) is 3.48. The lowest BCUT2D eigenvalue weighted by Gasteiger charge is -2.22. The first-order valence-electron chi connectivity index (χ1n) is 6.25. The highest BCUT2D eigenvalue weighted by Gasteiger charge is 2.12. The van der Waals surface area contributed by atoms with Crippen molar-refractivity contribution in [3.05, 3.63) is 29.8 Å². The van der Waals surface area contributed by atoms with Crippen LogP contribution in [0.25, 0.3) is 0 Å². The average molecular weight is 235 g/mol. The van der Waals surface area contributed by atoms with E-state index >= 15 is 0 Å². The Bertz CT molecular complexity index is 318. The van der Waals surface area contributed by atoms with Crippen LogP contribution in [0.15, 0.2) is 29.2 Å². The number of hydrogen-bond donors (Lipinski definition) is 1. The molecule has 1 unspecified atom stereocenters. The molecule has 0 radical (unpaired) electrons. The first-order chi connectivity index (χ1) is 7.86. The number of hydrogen-bond acceptors (Lipinski definition) is 2. The van der Waals surface area contributed by atoms with Crippen LogP contribution < -0.4 is 5.32 Å². The largest absolute Gasteiger partial charge is 0.316 e. The maximum Gasteiger partial charge on any atom is 0.0101 e. The number of benzene rings is 1. The van der Waals surface area contributed by atoms with E-state index in [1.807, 2.05) is 11.8 Å². The highest BCUT2D eigenvalue weighted by atomic mass is 32.2. The van der Waals surface area contributed by atoms with E-state index in [1.165, 1.54) is 48.6 Å². The smallest absolute Gasteiger partial charge is 0.0101 e. The molecule has 88 valence electrons. The van der Waals surface area contributed by atoms with E-state index < -0.39 is 0 Å². The highest BCUT2D eigenvalue weighted by Crippen LogP contribution is 2.25. The van der Waals surface area contributed by atoms with Gasteiger partial charge in [-0.3, -0.25) is 0 Å². The van der Waals surface area contributed by atoms with Crippen LogP contribution in [0.3, 0.4) is 0 Å². The normalized spacial score (nSPS) is 20.9. The Hall–Kier alpha value is -0.470. The first-order valence-corrected chi connectivity index (χ1v) is 7.24. The molecule has 0 amide bonds. The van der Waals surface area contributed by atoms with Crippen LogP contribution in [-0.4, -0.2) is 18.8 Å². The molecule has 1 saturated heterocycles. The summed E-state index contributed by atoms with van der Waals surface area (Å²) in [6.07, 6.45) is 4.13. The summed E-state index contributed by atoms with van der Waals surface area (Å²) in [5, 5.41) is 3.49. The molecule has 1 nitrogen and oxygen atoms in total. The Balaban J connectivity index is 1.73. The summed E-state index contributed by atoms with van der Waals surface area (Å²) in [6.45, 7) is 4.65. The van der Waals surface area contributed by atoms with Crippen LogP contribution in [0.4, 0.5) is 0 Å². The maximum absolute atomic E-state index is 3.49. The first kappa shape index (κ1) is 12.0. The topological polar surface area (TPSA) is 12.0 Å². The molecule has 1 heterocycles. The van der Waals surface area contributed by atoms with E-state index in [0.717, 1.165) is 5.92 Å². The highest BCUT2D eigenvalue weighted by molar-refractivity contribution is 7.99. The molecule has 1 aromatic carbocycles. The molecule has 1 aliphatic rings. The molecule has 1 atom stereocenters. The Morgan fingerprint density at radius 3 is 3.00 bits per heavy atom. The molecule has 0 spiro atoms. The second-order valence-corrected chi connectivity index (χ2v) is 5.75. The number of thioether (sulfide) groups is 1. The summed E-state index contributed by atoms with van der Waals surface area (Å²) in [4.78, 5) is 1.45. The van der Waals surface area contributed by atoms with Gasteiger partial charge in [0.25, 0.3) is 0 Å². The van der Waals surface area contributed by atoms with Crippen LogP contribution in [-0.2, 0) is 0 Å². The molecule has 0 aromatic heterocycles. The van der Waals surface area contributed by atoms with Gasteiger partial charge in [0.15, 0.2) is 0 Å². The summed E-state index contributed by atoms with van der Waals surface area (Å²) in [6, 6.07) is 8.69. The lowest BCUT2D eigenvalue weighted by atomic mass is 9.97. The third kappa shape index (κ3) is 3.53. The molecule has 0 bridgehead atoms. The van der Waals surface area contributed by atoms with Crippen molar-refractivity contribution in [1.82, 2.24) is 5.32 Å². The van der Waals surface area contributed by atoms with Gasteiger partial charge >= 0.3 is 0 Å². The Morgan fingerprint density at radius 1 is 1.38 bits per heavy atom. The van der Waals surface area contributed by atoms with E-state index in [9.17, 15) is 0 Å². The maximum atomic E-state index is 3.49. The zero-order valence-electron chi connectivity index (χ0n) is 10.0.